The summed E-state index contributed by atoms with van der Waals surface area (Å²) >= 11 is 0. The molecule has 3 rings (SSSR count). The van der Waals surface area contributed by atoms with E-state index in [1.807, 2.05) is 0 Å². The Balaban J connectivity index is 1.59. The second-order valence-corrected chi connectivity index (χ2v) is 10.2. The smallest absolute Gasteiger partial charge is 0.269 e. The van der Waals surface area contributed by atoms with Gasteiger partial charge >= 0.3 is 0 Å². The molecule has 0 aliphatic carbocycles. The molecular formula is C23H27FN4O5S. The number of hydrogen-bond acceptors (Lipinski definition) is 5. The van der Waals surface area contributed by atoms with Crippen molar-refractivity contribution < 1.29 is 27.2 Å². The molecule has 0 spiro atoms. The summed E-state index contributed by atoms with van der Waals surface area (Å²) in [5.41, 5.74) is 4.88. The standard InChI is InChI=1S/C23H27FN4O5S/c1-15(2)20(25-21(29)16-5-9-18(24)10-6-16)23(31)27-26-22(30)17-7-11-19(12-8-17)34(32,33)28-13-3-4-14-28/h5-12,15,20H,3-4,13-14H2,1-2H3,(H,25,29)(H,26,30)(H,27,31). The topological polar surface area (TPSA) is 125 Å². The zero-order valence-electron chi connectivity index (χ0n) is 18.9. The van der Waals surface area contributed by atoms with Gasteiger partial charge in [-0.2, -0.15) is 4.31 Å². The zero-order valence-corrected chi connectivity index (χ0v) is 19.7. The van der Waals surface area contributed by atoms with Crippen LogP contribution in [-0.4, -0.2) is 49.6 Å². The van der Waals surface area contributed by atoms with Gasteiger partial charge in [0.25, 0.3) is 17.7 Å². The highest BCUT2D eigenvalue weighted by Crippen LogP contribution is 2.21. The molecular weight excluding hydrogens is 463 g/mol. The number of amides is 3. The number of carbonyl (C=O) groups is 3. The summed E-state index contributed by atoms with van der Waals surface area (Å²) in [5.74, 6) is -2.65. The number of halogens is 1. The molecule has 0 bridgehead atoms. The first-order valence-corrected chi connectivity index (χ1v) is 12.3. The van der Waals surface area contributed by atoms with E-state index in [1.165, 1.54) is 40.7 Å². The highest BCUT2D eigenvalue weighted by molar-refractivity contribution is 7.89. The van der Waals surface area contributed by atoms with Crippen LogP contribution >= 0.6 is 0 Å². The average Bonchev–Trinajstić information content (AvgIpc) is 3.37. The molecule has 0 saturated carbocycles. The third-order valence-electron chi connectivity index (χ3n) is 5.46. The van der Waals surface area contributed by atoms with Gasteiger partial charge in [-0.1, -0.05) is 13.8 Å². The highest BCUT2D eigenvalue weighted by Gasteiger charge is 2.28. The van der Waals surface area contributed by atoms with Crippen molar-refractivity contribution in [3.8, 4) is 0 Å². The van der Waals surface area contributed by atoms with Crippen molar-refractivity contribution in [3.05, 3.63) is 65.5 Å². The number of benzene rings is 2. The number of nitrogens with zero attached hydrogens (tertiary/aromatic N) is 1. The van der Waals surface area contributed by atoms with Crippen LogP contribution < -0.4 is 16.2 Å². The van der Waals surface area contributed by atoms with Gasteiger partial charge in [-0.05, 0) is 67.3 Å². The Hall–Kier alpha value is -3.31. The molecule has 0 aromatic heterocycles. The minimum absolute atomic E-state index is 0.0957. The van der Waals surface area contributed by atoms with E-state index in [2.05, 4.69) is 16.2 Å². The molecule has 34 heavy (non-hydrogen) atoms. The summed E-state index contributed by atoms with van der Waals surface area (Å²) in [6, 6.07) is 9.34. The van der Waals surface area contributed by atoms with Crippen LogP contribution in [0.5, 0.6) is 0 Å². The fourth-order valence-electron chi connectivity index (χ4n) is 3.48. The number of hydrogen-bond donors (Lipinski definition) is 3. The summed E-state index contributed by atoms with van der Waals surface area (Å²) in [5, 5.41) is 2.57. The van der Waals surface area contributed by atoms with E-state index in [9.17, 15) is 27.2 Å². The van der Waals surface area contributed by atoms with Crippen LogP contribution in [0.4, 0.5) is 4.39 Å². The molecule has 1 heterocycles. The molecule has 2 aromatic carbocycles. The Morgan fingerprint density at radius 3 is 1.94 bits per heavy atom. The second kappa shape index (κ2) is 10.7. The lowest BCUT2D eigenvalue weighted by Gasteiger charge is -2.22. The second-order valence-electron chi connectivity index (χ2n) is 8.28. The van der Waals surface area contributed by atoms with Crippen molar-refractivity contribution in [2.24, 2.45) is 5.92 Å². The molecule has 2 aromatic rings. The van der Waals surface area contributed by atoms with E-state index in [1.54, 1.807) is 13.8 Å². The lowest BCUT2D eigenvalue weighted by atomic mass is 10.0. The van der Waals surface area contributed by atoms with Gasteiger partial charge in [0.05, 0.1) is 4.90 Å². The SMILES string of the molecule is CC(C)C(NC(=O)c1ccc(F)cc1)C(=O)NNC(=O)c1ccc(S(=O)(=O)N2CCCC2)cc1. The first-order valence-electron chi connectivity index (χ1n) is 10.9. The van der Waals surface area contributed by atoms with Gasteiger partial charge in [0.15, 0.2) is 0 Å². The third kappa shape index (κ3) is 5.97. The van der Waals surface area contributed by atoms with Crippen LogP contribution in [0.1, 0.15) is 47.4 Å². The summed E-state index contributed by atoms with van der Waals surface area (Å²) in [6.07, 6.45) is 1.64. The van der Waals surface area contributed by atoms with E-state index in [-0.39, 0.29) is 21.9 Å². The van der Waals surface area contributed by atoms with Crippen molar-refractivity contribution in [2.75, 3.05) is 13.1 Å². The fourth-order valence-corrected chi connectivity index (χ4v) is 5.00. The Bertz CT molecular complexity index is 1140. The fraction of sp³-hybridized carbons (Fsp3) is 0.348. The average molecular weight is 491 g/mol. The molecule has 0 radical (unpaired) electrons. The predicted octanol–water partition coefficient (Wildman–Crippen LogP) is 1.83. The van der Waals surface area contributed by atoms with Gasteiger partial charge < -0.3 is 5.32 Å². The van der Waals surface area contributed by atoms with E-state index < -0.39 is 39.6 Å². The maximum absolute atomic E-state index is 13.1. The Morgan fingerprint density at radius 1 is 0.853 bits per heavy atom. The Morgan fingerprint density at radius 2 is 1.38 bits per heavy atom. The number of hydrazine groups is 1. The number of nitrogens with one attached hydrogen (secondary N) is 3. The predicted molar refractivity (Wildman–Crippen MR) is 123 cm³/mol. The maximum atomic E-state index is 13.1. The summed E-state index contributed by atoms with van der Waals surface area (Å²) in [4.78, 5) is 37.5. The minimum Gasteiger partial charge on any atom is -0.340 e. The van der Waals surface area contributed by atoms with Gasteiger partial charge in [0, 0.05) is 24.2 Å². The first kappa shape index (κ1) is 25.3. The Labute approximate surface area is 197 Å². The van der Waals surface area contributed by atoms with Crippen molar-refractivity contribution in [3.63, 3.8) is 0 Å². The van der Waals surface area contributed by atoms with Crippen molar-refractivity contribution in [1.29, 1.82) is 0 Å². The first-order chi connectivity index (χ1) is 16.1. The normalized spacial score (nSPS) is 15.1. The lowest BCUT2D eigenvalue weighted by Crippen LogP contribution is -2.54. The molecule has 1 atom stereocenters. The van der Waals surface area contributed by atoms with Gasteiger partial charge in [0.2, 0.25) is 10.0 Å². The quantitative estimate of drug-likeness (QED) is 0.511. The largest absolute Gasteiger partial charge is 0.340 e. The molecule has 1 aliphatic heterocycles. The van der Waals surface area contributed by atoms with E-state index in [0.717, 1.165) is 25.0 Å². The van der Waals surface area contributed by atoms with Crippen LogP contribution in [0.2, 0.25) is 0 Å². The van der Waals surface area contributed by atoms with E-state index in [0.29, 0.717) is 13.1 Å². The van der Waals surface area contributed by atoms with Gasteiger partial charge in [-0.3, -0.25) is 25.2 Å². The van der Waals surface area contributed by atoms with Crippen LogP contribution in [0.15, 0.2) is 53.4 Å². The van der Waals surface area contributed by atoms with E-state index in [4.69, 9.17) is 0 Å². The van der Waals surface area contributed by atoms with Crippen molar-refractivity contribution in [2.45, 2.75) is 37.6 Å². The maximum Gasteiger partial charge on any atom is 0.269 e. The minimum atomic E-state index is -3.59. The molecule has 182 valence electrons. The molecule has 9 nitrogen and oxygen atoms in total. The van der Waals surface area contributed by atoms with Crippen molar-refractivity contribution in [1.82, 2.24) is 20.5 Å². The molecule has 11 heteroatoms. The Kier molecular flexibility index (Phi) is 8.00. The summed E-state index contributed by atoms with van der Waals surface area (Å²) in [6.45, 7) is 4.39. The molecule has 3 N–H and O–H groups in total. The molecule has 1 saturated heterocycles. The zero-order chi connectivity index (χ0) is 24.9. The number of carbonyl (C=O) groups excluding carboxylic acids is 3. The van der Waals surface area contributed by atoms with Gasteiger partial charge in [0.1, 0.15) is 11.9 Å². The monoisotopic (exact) mass is 490 g/mol. The van der Waals surface area contributed by atoms with Crippen molar-refractivity contribution >= 4 is 27.7 Å². The molecule has 3 amide bonds. The van der Waals surface area contributed by atoms with Crippen LogP contribution in [0.3, 0.4) is 0 Å². The number of rotatable bonds is 7. The van der Waals surface area contributed by atoms with E-state index >= 15 is 0 Å². The van der Waals surface area contributed by atoms with Crippen LogP contribution in [0, 0.1) is 11.7 Å². The van der Waals surface area contributed by atoms with Crippen LogP contribution in [0.25, 0.3) is 0 Å². The lowest BCUT2D eigenvalue weighted by molar-refractivity contribution is -0.124. The molecule has 1 fully saturated rings. The van der Waals surface area contributed by atoms with Gasteiger partial charge in [-0.15, -0.1) is 0 Å². The molecule has 1 unspecified atom stereocenters. The molecule has 1 aliphatic rings. The van der Waals surface area contributed by atoms with Crippen LogP contribution in [-0.2, 0) is 14.8 Å². The summed E-state index contributed by atoms with van der Waals surface area (Å²) < 4.78 is 39.7. The highest BCUT2D eigenvalue weighted by atomic mass is 32.2. The summed E-state index contributed by atoms with van der Waals surface area (Å²) in [7, 11) is -3.59. The third-order valence-corrected chi connectivity index (χ3v) is 7.37. The van der Waals surface area contributed by atoms with Gasteiger partial charge in [-0.25, -0.2) is 12.8 Å². The number of sulfonamides is 1.